The molecule has 0 heterocycles. The average Bonchev–Trinajstić information content (AvgIpc) is 2.35. The number of hydrogen-bond donors (Lipinski definition) is 1. The summed E-state index contributed by atoms with van der Waals surface area (Å²) >= 11 is 0. The van der Waals surface area contributed by atoms with Gasteiger partial charge in [0.25, 0.3) is 0 Å². The Kier molecular flexibility index (Phi) is 9.40. The van der Waals surface area contributed by atoms with Crippen LogP contribution in [0, 0.1) is 0 Å². The van der Waals surface area contributed by atoms with Gasteiger partial charge in [0.15, 0.2) is 0 Å². The van der Waals surface area contributed by atoms with E-state index < -0.39 is 5.97 Å². The summed E-state index contributed by atoms with van der Waals surface area (Å²) in [5.74, 6) is -0.782. The lowest BCUT2D eigenvalue weighted by Gasteiger charge is -2.06. The highest BCUT2D eigenvalue weighted by Crippen LogP contribution is 2.00. The number of amides is 1. The van der Waals surface area contributed by atoms with Crippen LogP contribution in [-0.4, -0.2) is 30.8 Å². The number of unbranched alkanes of at least 4 members (excludes halogenated alkanes) is 1. The minimum Gasteiger partial charge on any atom is -0.465 e. The summed E-state index contributed by atoms with van der Waals surface area (Å²) in [6, 6.07) is 0. The Morgan fingerprint density at radius 1 is 1.21 bits per heavy atom. The molecule has 0 saturated carbocycles. The molecule has 0 aromatic heterocycles. The molecule has 0 aliphatic rings. The first-order valence-electron chi connectivity index (χ1n) is 6.58. The van der Waals surface area contributed by atoms with Crippen LogP contribution in [-0.2, 0) is 19.1 Å². The molecule has 5 heteroatoms. The van der Waals surface area contributed by atoms with Crippen LogP contribution in [0.4, 0.5) is 0 Å². The zero-order valence-corrected chi connectivity index (χ0v) is 11.8. The molecule has 0 unspecified atom stereocenters. The number of hydrogen-bond acceptors (Lipinski definition) is 4. The van der Waals surface area contributed by atoms with Crippen molar-refractivity contribution in [3.05, 3.63) is 12.2 Å². The number of carbonyl (C=O) groups is 3. The maximum Gasteiger partial charge on any atom is 0.313 e. The number of rotatable bonds is 10. The van der Waals surface area contributed by atoms with Crippen molar-refractivity contribution in [1.29, 1.82) is 0 Å². The van der Waals surface area contributed by atoms with Crippen LogP contribution >= 0.6 is 0 Å². The van der Waals surface area contributed by atoms with E-state index in [2.05, 4.69) is 11.9 Å². The van der Waals surface area contributed by atoms with Gasteiger partial charge < -0.3 is 10.1 Å². The molecule has 0 radical (unpaired) electrons. The minimum absolute atomic E-state index is 0.0811. The normalized spacial score (nSPS) is 9.79. The Morgan fingerprint density at radius 2 is 1.89 bits per heavy atom. The number of Topliss-reactive ketones (excluding diaryl/α,β-unsaturated/α-hetero) is 1. The van der Waals surface area contributed by atoms with Crippen molar-refractivity contribution in [2.75, 3.05) is 13.2 Å². The summed E-state index contributed by atoms with van der Waals surface area (Å²) in [6.07, 6.45) is 2.54. The van der Waals surface area contributed by atoms with E-state index in [-0.39, 0.29) is 24.7 Å². The molecule has 0 atom stereocenters. The van der Waals surface area contributed by atoms with E-state index in [0.717, 1.165) is 12.8 Å². The monoisotopic (exact) mass is 269 g/mol. The van der Waals surface area contributed by atoms with Crippen molar-refractivity contribution in [1.82, 2.24) is 5.32 Å². The van der Waals surface area contributed by atoms with Crippen molar-refractivity contribution in [3.63, 3.8) is 0 Å². The summed E-state index contributed by atoms with van der Waals surface area (Å²) in [5, 5.41) is 2.63. The molecule has 0 bridgehead atoms. The lowest BCUT2D eigenvalue weighted by atomic mass is 10.1. The van der Waals surface area contributed by atoms with Gasteiger partial charge in [0.2, 0.25) is 5.91 Å². The highest BCUT2D eigenvalue weighted by Gasteiger charge is 2.10. The third-order valence-corrected chi connectivity index (χ3v) is 2.41. The van der Waals surface area contributed by atoms with Gasteiger partial charge in [-0.1, -0.05) is 19.9 Å². The Morgan fingerprint density at radius 3 is 2.47 bits per heavy atom. The van der Waals surface area contributed by atoms with Crippen LogP contribution in [0.2, 0.25) is 0 Å². The molecule has 0 spiro atoms. The van der Waals surface area contributed by atoms with Crippen molar-refractivity contribution in [2.24, 2.45) is 0 Å². The van der Waals surface area contributed by atoms with Crippen molar-refractivity contribution in [3.8, 4) is 0 Å². The predicted molar refractivity (Wildman–Crippen MR) is 72.5 cm³/mol. The van der Waals surface area contributed by atoms with Crippen LogP contribution in [0.1, 0.15) is 46.0 Å². The van der Waals surface area contributed by atoms with Gasteiger partial charge in [-0.05, 0) is 19.8 Å². The summed E-state index contributed by atoms with van der Waals surface area (Å²) in [5.41, 5.74) is 0.443. The van der Waals surface area contributed by atoms with Gasteiger partial charge in [0, 0.05) is 18.5 Å². The summed E-state index contributed by atoms with van der Waals surface area (Å²) in [6.45, 7) is 7.74. The van der Waals surface area contributed by atoms with Gasteiger partial charge >= 0.3 is 5.97 Å². The number of ketones is 1. The molecule has 0 fully saturated rings. The van der Waals surface area contributed by atoms with E-state index in [4.69, 9.17) is 4.74 Å². The molecule has 0 aromatic carbocycles. The smallest absolute Gasteiger partial charge is 0.313 e. The molecule has 1 N–H and O–H groups in total. The van der Waals surface area contributed by atoms with Crippen molar-refractivity contribution < 1.29 is 19.1 Å². The Labute approximate surface area is 114 Å². The van der Waals surface area contributed by atoms with Gasteiger partial charge in [-0.2, -0.15) is 0 Å². The molecule has 0 saturated heterocycles. The highest BCUT2D eigenvalue weighted by atomic mass is 16.5. The van der Waals surface area contributed by atoms with E-state index in [1.165, 1.54) is 0 Å². The number of carbonyl (C=O) groups excluding carboxylic acids is 3. The van der Waals surface area contributed by atoms with Crippen LogP contribution in [0.5, 0.6) is 0 Å². The van der Waals surface area contributed by atoms with Crippen LogP contribution < -0.4 is 5.32 Å². The Hall–Kier alpha value is -1.65. The lowest BCUT2D eigenvalue weighted by molar-refractivity contribution is -0.146. The van der Waals surface area contributed by atoms with Gasteiger partial charge in [-0.15, -0.1) is 0 Å². The summed E-state index contributed by atoms with van der Waals surface area (Å²) in [4.78, 5) is 33.7. The van der Waals surface area contributed by atoms with E-state index in [1.807, 2.05) is 6.92 Å². The molecule has 0 aliphatic carbocycles. The first kappa shape index (κ1) is 17.4. The van der Waals surface area contributed by atoms with Crippen LogP contribution in [0.3, 0.4) is 0 Å². The molecule has 1 amide bonds. The predicted octanol–water partition coefficient (Wildman–Crippen LogP) is 1.76. The maximum atomic E-state index is 11.3. The maximum absolute atomic E-state index is 11.3. The second-order valence-electron chi connectivity index (χ2n) is 4.43. The quantitative estimate of drug-likeness (QED) is 0.284. The lowest BCUT2D eigenvalue weighted by Crippen LogP contribution is -2.25. The minimum atomic E-state index is -0.493. The van der Waals surface area contributed by atoms with E-state index in [0.29, 0.717) is 25.0 Å². The topological polar surface area (TPSA) is 72.5 Å². The number of ether oxygens (including phenoxy) is 1. The fourth-order valence-electron chi connectivity index (χ4n) is 1.29. The Bertz CT molecular complexity index is 336. The van der Waals surface area contributed by atoms with Crippen LogP contribution in [0.25, 0.3) is 0 Å². The molecular weight excluding hydrogens is 246 g/mol. The average molecular weight is 269 g/mol. The largest absolute Gasteiger partial charge is 0.465 e. The zero-order chi connectivity index (χ0) is 14.7. The van der Waals surface area contributed by atoms with Gasteiger partial charge in [0.1, 0.15) is 12.2 Å². The zero-order valence-electron chi connectivity index (χ0n) is 11.8. The van der Waals surface area contributed by atoms with E-state index in [9.17, 15) is 14.4 Å². The SMILES string of the molecule is C=C(C)C(=O)NCCCOC(=O)CC(=O)CCCC. The summed E-state index contributed by atoms with van der Waals surface area (Å²) < 4.78 is 4.90. The first-order valence-corrected chi connectivity index (χ1v) is 6.58. The third-order valence-electron chi connectivity index (χ3n) is 2.41. The van der Waals surface area contributed by atoms with Gasteiger partial charge in [0.05, 0.1) is 6.61 Å². The van der Waals surface area contributed by atoms with Crippen molar-refractivity contribution >= 4 is 17.7 Å². The van der Waals surface area contributed by atoms with Gasteiger partial charge in [-0.25, -0.2) is 0 Å². The van der Waals surface area contributed by atoms with Crippen molar-refractivity contribution in [2.45, 2.75) is 46.0 Å². The molecule has 108 valence electrons. The second-order valence-corrected chi connectivity index (χ2v) is 4.43. The standard InChI is InChI=1S/C14H23NO4/c1-4-5-7-12(16)10-13(17)19-9-6-8-15-14(18)11(2)3/h2,4-10H2,1,3H3,(H,15,18). The fraction of sp³-hybridized carbons (Fsp3) is 0.643. The van der Waals surface area contributed by atoms with E-state index >= 15 is 0 Å². The molecule has 0 aromatic rings. The highest BCUT2D eigenvalue weighted by molar-refractivity contribution is 5.95. The summed E-state index contributed by atoms with van der Waals surface area (Å²) in [7, 11) is 0. The number of nitrogens with one attached hydrogen (secondary N) is 1. The number of esters is 1. The molecule has 0 rings (SSSR count). The second kappa shape index (κ2) is 10.3. The van der Waals surface area contributed by atoms with Gasteiger partial charge in [-0.3, -0.25) is 14.4 Å². The molecule has 0 aliphatic heterocycles. The fourth-order valence-corrected chi connectivity index (χ4v) is 1.29. The van der Waals surface area contributed by atoms with E-state index in [1.54, 1.807) is 6.92 Å². The Balaban J connectivity index is 3.56. The first-order chi connectivity index (χ1) is 8.97. The third kappa shape index (κ3) is 10.00. The molecule has 5 nitrogen and oxygen atoms in total. The molecule has 19 heavy (non-hydrogen) atoms. The molecular formula is C14H23NO4. The van der Waals surface area contributed by atoms with Crippen LogP contribution in [0.15, 0.2) is 12.2 Å².